The summed E-state index contributed by atoms with van der Waals surface area (Å²) in [5.41, 5.74) is 2.46. The van der Waals surface area contributed by atoms with Gasteiger partial charge < -0.3 is 4.42 Å². The van der Waals surface area contributed by atoms with Gasteiger partial charge in [0.2, 0.25) is 0 Å². The van der Waals surface area contributed by atoms with Gasteiger partial charge in [-0.05, 0) is 12.1 Å². The van der Waals surface area contributed by atoms with E-state index in [9.17, 15) is 0 Å². The van der Waals surface area contributed by atoms with Crippen LogP contribution in [0.25, 0.3) is 22.0 Å². The molecule has 3 rings (SSSR count). The molecule has 0 amide bonds. The van der Waals surface area contributed by atoms with E-state index < -0.39 is 0 Å². The van der Waals surface area contributed by atoms with Crippen molar-refractivity contribution < 1.29 is 4.42 Å². The third-order valence-electron chi connectivity index (χ3n) is 1.98. The standard InChI is InChI=1S/C9H5N3O/c1-2-8-9(13-5-12-8)6-3-10-4-11-7(1)6/h1-5H. The maximum Gasteiger partial charge on any atom is 0.182 e. The second kappa shape index (κ2) is 2.26. The first-order valence-electron chi connectivity index (χ1n) is 3.87. The minimum Gasteiger partial charge on any atom is -0.443 e. The molecule has 0 atom stereocenters. The Morgan fingerprint density at radius 3 is 3.00 bits per heavy atom. The predicted octanol–water partition coefficient (Wildman–Crippen LogP) is 1.77. The Bertz CT molecular complexity index is 573. The molecule has 0 fully saturated rings. The molecule has 0 unspecified atom stereocenters. The van der Waals surface area contributed by atoms with Crippen LogP contribution < -0.4 is 0 Å². The van der Waals surface area contributed by atoms with Crippen LogP contribution in [0.2, 0.25) is 0 Å². The molecule has 62 valence electrons. The number of fused-ring (bicyclic) bond motifs is 3. The molecule has 1 aromatic carbocycles. The van der Waals surface area contributed by atoms with Crippen LogP contribution in [0.3, 0.4) is 0 Å². The van der Waals surface area contributed by atoms with Crippen molar-refractivity contribution in [3.05, 3.63) is 31.1 Å². The zero-order valence-corrected chi connectivity index (χ0v) is 6.64. The van der Waals surface area contributed by atoms with Crippen LogP contribution in [0, 0.1) is 0 Å². The molecule has 0 N–H and O–H groups in total. The summed E-state index contributed by atoms with van der Waals surface area (Å²) in [5, 5.41) is 0.900. The van der Waals surface area contributed by atoms with E-state index in [1.165, 1.54) is 12.7 Å². The Kier molecular flexibility index (Phi) is 1.14. The Balaban J connectivity index is 2.65. The molecule has 0 bridgehead atoms. The molecule has 0 saturated carbocycles. The van der Waals surface area contributed by atoms with Crippen molar-refractivity contribution >= 4 is 22.0 Å². The third kappa shape index (κ3) is 0.823. The normalized spacial score (nSPS) is 11.1. The minimum atomic E-state index is 0.748. The Morgan fingerprint density at radius 2 is 2.00 bits per heavy atom. The Morgan fingerprint density at radius 1 is 1.08 bits per heavy atom. The van der Waals surface area contributed by atoms with E-state index >= 15 is 0 Å². The lowest BCUT2D eigenvalue weighted by atomic mass is 10.2. The molecule has 3 aromatic rings. The zero-order chi connectivity index (χ0) is 8.67. The number of hydrogen-bond acceptors (Lipinski definition) is 4. The second-order valence-corrected chi connectivity index (χ2v) is 2.72. The van der Waals surface area contributed by atoms with Gasteiger partial charge in [-0.1, -0.05) is 0 Å². The van der Waals surface area contributed by atoms with Gasteiger partial charge in [-0.15, -0.1) is 0 Å². The van der Waals surface area contributed by atoms with Gasteiger partial charge in [-0.25, -0.2) is 15.0 Å². The SMILES string of the molecule is c1ncc2c(ccc3ncoc32)n1. The summed E-state index contributed by atoms with van der Waals surface area (Å²) in [7, 11) is 0. The Labute approximate surface area is 73.2 Å². The van der Waals surface area contributed by atoms with Gasteiger partial charge in [0.15, 0.2) is 12.0 Å². The molecule has 0 radical (unpaired) electrons. The lowest BCUT2D eigenvalue weighted by Crippen LogP contribution is -1.80. The van der Waals surface area contributed by atoms with Crippen LogP contribution in [0.4, 0.5) is 0 Å². The second-order valence-electron chi connectivity index (χ2n) is 2.72. The van der Waals surface area contributed by atoms with Crippen LogP contribution in [-0.4, -0.2) is 15.0 Å². The number of aromatic nitrogens is 3. The van der Waals surface area contributed by atoms with Crippen molar-refractivity contribution in [1.29, 1.82) is 0 Å². The molecule has 0 aliphatic carbocycles. The van der Waals surface area contributed by atoms with Crippen molar-refractivity contribution in [3.63, 3.8) is 0 Å². The third-order valence-corrected chi connectivity index (χ3v) is 1.98. The number of nitrogens with zero attached hydrogens (tertiary/aromatic N) is 3. The molecule has 4 nitrogen and oxygen atoms in total. The van der Waals surface area contributed by atoms with Gasteiger partial charge in [0.1, 0.15) is 11.8 Å². The summed E-state index contributed by atoms with van der Waals surface area (Å²) in [5.74, 6) is 0. The zero-order valence-electron chi connectivity index (χ0n) is 6.64. The van der Waals surface area contributed by atoms with Crippen molar-refractivity contribution in [2.45, 2.75) is 0 Å². The summed E-state index contributed by atoms with van der Waals surface area (Å²) in [4.78, 5) is 12.1. The fraction of sp³-hybridized carbons (Fsp3) is 0. The highest BCUT2D eigenvalue weighted by Gasteiger charge is 2.03. The van der Waals surface area contributed by atoms with E-state index in [0.29, 0.717) is 0 Å². The monoisotopic (exact) mass is 171 g/mol. The summed E-state index contributed by atoms with van der Waals surface area (Å²) in [6.07, 6.45) is 4.68. The summed E-state index contributed by atoms with van der Waals surface area (Å²) in [6.45, 7) is 0. The number of hydrogen-bond donors (Lipinski definition) is 0. The number of oxazole rings is 1. The highest BCUT2D eigenvalue weighted by molar-refractivity contribution is 6.00. The largest absolute Gasteiger partial charge is 0.443 e. The van der Waals surface area contributed by atoms with Gasteiger partial charge in [-0.2, -0.15) is 0 Å². The van der Waals surface area contributed by atoms with Crippen LogP contribution in [-0.2, 0) is 0 Å². The van der Waals surface area contributed by atoms with Crippen molar-refractivity contribution in [3.8, 4) is 0 Å². The lowest BCUT2D eigenvalue weighted by molar-refractivity contribution is 0.605. The van der Waals surface area contributed by atoms with Crippen LogP contribution in [0.1, 0.15) is 0 Å². The molecule has 4 heteroatoms. The smallest absolute Gasteiger partial charge is 0.182 e. The molecule has 0 saturated heterocycles. The molecule has 2 aromatic heterocycles. The van der Waals surface area contributed by atoms with Gasteiger partial charge >= 0.3 is 0 Å². The van der Waals surface area contributed by atoms with Crippen molar-refractivity contribution in [1.82, 2.24) is 15.0 Å². The lowest BCUT2D eigenvalue weighted by Gasteiger charge is -1.93. The maximum atomic E-state index is 5.24. The Hall–Kier alpha value is -1.97. The highest BCUT2D eigenvalue weighted by Crippen LogP contribution is 2.21. The van der Waals surface area contributed by atoms with Crippen molar-refractivity contribution in [2.75, 3.05) is 0 Å². The van der Waals surface area contributed by atoms with Crippen LogP contribution >= 0.6 is 0 Å². The molecule has 0 aliphatic heterocycles. The van der Waals surface area contributed by atoms with E-state index in [0.717, 1.165) is 22.0 Å². The summed E-state index contributed by atoms with van der Waals surface area (Å²) in [6, 6.07) is 3.79. The molecule has 13 heavy (non-hydrogen) atoms. The van der Waals surface area contributed by atoms with Crippen LogP contribution in [0.5, 0.6) is 0 Å². The van der Waals surface area contributed by atoms with Gasteiger partial charge in [0.25, 0.3) is 0 Å². The first-order chi connectivity index (χ1) is 6.45. The van der Waals surface area contributed by atoms with Crippen LogP contribution in [0.15, 0.2) is 35.5 Å². The number of benzene rings is 1. The highest BCUT2D eigenvalue weighted by atomic mass is 16.3. The first-order valence-corrected chi connectivity index (χ1v) is 3.87. The van der Waals surface area contributed by atoms with Crippen molar-refractivity contribution in [2.24, 2.45) is 0 Å². The van der Waals surface area contributed by atoms with Gasteiger partial charge in [0, 0.05) is 6.20 Å². The van der Waals surface area contributed by atoms with E-state index in [4.69, 9.17) is 4.42 Å². The maximum absolute atomic E-state index is 5.24. The minimum absolute atomic E-state index is 0.748. The average Bonchev–Trinajstić information content (AvgIpc) is 2.65. The number of rotatable bonds is 0. The molecular formula is C9H5N3O. The predicted molar refractivity (Wildman–Crippen MR) is 47.1 cm³/mol. The average molecular weight is 171 g/mol. The molecule has 2 heterocycles. The fourth-order valence-electron chi connectivity index (χ4n) is 1.38. The summed E-state index contributed by atoms with van der Waals surface area (Å²) >= 11 is 0. The van der Waals surface area contributed by atoms with Gasteiger partial charge in [0.05, 0.1) is 10.9 Å². The molecular weight excluding hydrogens is 166 g/mol. The molecule has 0 spiro atoms. The van der Waals surface area contributed by atoms with E-state index in [-0.39, 0.29) is 0 Å². The van der Waals surface area contributed by atoms with E-state index in [1.807, 2.05) is 12.1 Å². The molecule has 0 aliphatic rings. The fourth-order valence-corrected chi connectivity index (χ4v) is 1.38. The summed E-state index contributed by atoms with van der Waals surface area (Å²) < 4.78 is 5.24. The quantitative estimate of drug-likeness (QED) is 0.517. The first kappa shape index (κ1) is 6.54. The van der Waals surface area contributed by atoms with E-state index in [2.05, 4.69) is 15.0 Å². The topological polar surface area (TPSA) is 51.8 Å². The van der Waals surface area contributed by atoms with E-state index in [1.54, 1.807) is 6.20 Å². The van der Waals surface area contributed by atoms with Gasteiger partial charge in [-0.3, -0.25) is 0 Å².